The van der Waals surface area contributed by atoms with E-state index in [0.29, 0.717) is 0 Å². The maximum absolute atomic E-state index is 12.9. The van der Waals surface area contributed by atoms with Crippen LogP contribution in [0.3, 0.4) is 0 Å². The molecule has 15 heavy (non-hydrogen) atoms. The summed E-state index contributed by atoms with van der Waals surface area (Å²) in [5.41, 5.74) is 0.257. The van der Waals surface area contributed by atoms with E-state index in [1.54, 1.807) is 0 Å². The second kappa shape index (κ2) is 3.58. The summed E-state index contributed by atoms with van der Waals surface area (Å²) in [5.74, 6) is -4.06. The third-order valence-electron chi connectivity index (χ3n) is 1.85. The summed E-state index contributed by atoms with van der Waals surface area (Å²) in [6.45, 7) is 0. The van der Waals surface area contributed by atoms with Crippen LogP contribution in [0.15, 0.2) is 18.3 Å². The van der Waals surface area contributed by atoms with Gasteiger partial charge in [0.15, 0.2) is 17.5 Å². The number of aromatic nitrogens is 2. The Morgan fingerprint density at radius 1 is 1.13 bits per heavy atom. The fraction of sp³-hybridized carbons (Fsp3) is 0. The van der Waals surface area contributed by atoms with E-state index in [1.807, 2.05) is 0 Å². The number of nitrogens with zero attached hydrogens (tertiary/aromatic N) is 1. The molecule has 1 aromatic carbocycles. The monoisotopic (exact) mass is 232 g/mol. The van der Waals surface area contributed by atoms with E-state index < -0.39 is 17.5 Å². The minimum Gasteiger partial charge on any atom is -0.284 e. The zero-order valence-corrected chi connectivity index (χ0v) is 7.95. The topological polar surface area (TPSA) is 28.7 Å². The van der Waals surface area contributed by atoms with Gasteiger partial charge in [0.2, 0.25) is 0 Å². The number of aromatic amines is 1. The molecule has 0 aliphatic heterocycles. The van der Waals surface area contributed by atoms with Crippen LogP contribution in [0.25, 0.3) is 11.3 Å². The summed E-state index contributed by atoms with van der Waals surface area (Å²) < 4.78 is 38.4. The molecule has 2 rings (SSSR count). The second-order valence-corrected chi connectivity index (χ2v) is 3.24. The normalized spacial score (nSPS) is 10.7. The van der Waals surface area contributed by atoms with Gasteiger partial charge in [0.1, 0.15) is 5.69 Å². The molecule has 0 bridgehead atoms. The van der Waals surface area contributed by atoms with Gasteiger partial charge in [0.25, 0.3) is 0 Å². The molecule has 0 radical (unpaired) electrons. The van der Waals surface area contributed by atoms with E-state index in [9.17, 15) is 13.2 Å². The van der Waals surface area contributed by atoms with Crippen LogP contribution in [-0.2, 0) is 0 Å². The molecule has 2 aromatic rings. The molecule has 1 N–H and O–H groups in total. The lowest BCUT2D eigenvalue weighted by Crippen LogP contribution is -1.92. The lowest BCUT2D eigenvalue weighted by Gasteiger charge is -2.00. The molecule has 2 nitrogen and oxygen atoms in total. The first kappa shape index (κ1) is 10.0. The summed E-state index contributed by atoms with van der Waals surface area (Å²) in [7, 11) is 0. The summed E-state index contributed by atoms with van der Waals surface area (Å²) in [6, 6.07) is 1.67. The first-order valence-corrected chi connectivity index (χ1v) is 4.31. The largest absolute Gasteiger partial charge is 0.284 e. The van der Waals surface area contributed by atoms with Crippen molar-refractivity contribution >= 4 is 11.6 Å². The SMILES string of the molecule is Fc1cc(-c2n[nH]cc2Cl)cc(F)c1F. The number of hydrogen-bond acceptors (Lipinski definition) is 1. The third-order valence-corrected chi connectivity index (χ3v) is 2.14. The first-order chi connectivity index (χ1) is 7.09. The minimum atomic E-state index is -1.51. The molecule has 0 spiro atoms. The molecule has 6 heteroatoms. The molecule has 0 aliphatic carbocycles. The van der Waals surface area contributed by atoms with Gasteiger partial charge >= 0.3 is 0 Å². The Morgan fingerprint density at radius 2 is 1.73 bits per heavy atom. The Hall–Kier alpha value is -1.49. The van der Waals surface area contributed by atoms with Crippen molar-refractivity contribution in [3.63, 3.8) is 0 Å². The number of halogens is 4. The van der Waals surface area contributed by atoms with Crippen LogP contribution >= 0.6 is 11.6 Å². The number of benzene rings is 1. The fourth-order valence-corrected chi connectivity index (χ4v) is 1.37. The molecular weight excluding hydrogens is 229 g/mol. The standard InChI is InChI=1S/C9H4ClF3N2/c10-5-3-14-15-9(5)4-1-6(11)8(13)7(12)2-4/h1-3H,(H,14,15). The van der Waals surface area contributed by atoms with E-state index in [-0.39, 0.29) is 16.3 Å². The van der Waals surface area contributed by atoms with Gasteiger partial charge in [-0.1, -0.05) is 11.6 Å². The van der Waals surface area contributed by atoms with Crippen molar-refractivity contribution in [1.82, 2.24) is 10.2 Å². The van der Waals surface area contributed by atoms with Crippen molar-refractivity contribution in [2.75, 3.05) is 0 Å². The molecule has 1 aromatic heterocycles. The van der Waals surface area contributed by atoms with Gasteiger partial charge in [-0.15, -0.1) is 0 Å². The molecule has 78 valence electrons. The average Bonchev–Trinajstić information content (AvgIpc) is 2.60. The molecule has 0 saturated carbocycles. The Morgan fingerprint density at radius 3 is 2.20 bits per heavy atom. The number of nitrogens with one attached hydrogen (secondary N) is 1. The van der Waals surface area contributed by atoms with Crippen LogP contribution in [-0.4, -0.2) is 10.2 Å². The highest BCUT2D eigenvalue weighted by Gasteiger charge is 2.14. The van der Waals surface area contributed by atoms with Crippen molar-refractivity contribution in [3.05, 3.63) is 40.8 Å². The smallest absolute Gasteiger partial charge is 0.194 e. The Labute approximate surface area is 87.7 Å². The van der Waals surface area contributed by atoms with E-state index in [4.69, 9.17) is 11.6 Å². The highest BCUT2D eigenvalue weighted by molar-refractivity contribution is 6.32. The van der Waals surface area contributed by atoms with Gasteiger partial charge < -0.3 is 0 Å². The Balaban J connectivity index is 2.60. The van der Waals surface area contributed by atoms with Crippen molar-refractivity contribution in [3.8, 4) is 11.3 Å². The van der Waals surface area contributed by atoms with E-state index in [1.165, 1.54) is 6.20 Å². The van der Waals surface area contributed by atoms with Gasteiger partial charge in [-0.3, -0.25) is 5.10 Å². The second-order valence-electron chi connectivity index (χ2n) is 2.84. The molecule has 0 aliphatic rings. The van der Waals surface area contributed by atoms with Gasteiger partial charge in [0.05, 0.1) is 5.02 Å². The molecule has 0 amide bonds. The highest BCUT2D eigenvalue weighted by Crippen LogP contribution is 2.27. The average molecular weight is 233 g/mol. The fourth-order valence-electron chi connectivity index (χ4n) is 1.17. The Kier molecular flexibility index (Phi) is 2.40. The molecule has 0 atom stereocenters. The molecular formula is C9H4ClF3N2. The van der Waals surface area contributed by atoms with Gasteiger partial charge in [-0.05, 0) is 12.1 Å². The van der Waals surface area contributed by atoms with Crippen molar-refractivity contribution in [2.24, 2.45) is 0 Å². The molecule has 0 unspecified atom stereocenters. The van der Waals surface area contributed by atoms with E-state index in [2.05, 4.69) is 10.2 Å². The maximum atomic E-state index is 12.9. The van der Waals surface area contributed by atoms with E-state index in [0.717, 1.165) is 12.1 Å². The maximum Gasteiger partial charge on any atom is 0.194 e. The van der Waals surface area contributed by atoms with Gasteiger partial charge in [-0.25, -0.2) is 13.2 Å². The quantitative estimate of drug-likeness (QED) is 0.752. The third kappa shape index (κ3) is 1.70. The Bertz CT molecular complexity index is 487. The van der Waals surface area contributed by atoms with Crippen LogP contribution in [0.4, 0.5) is 13.2 Å². The highest BCUT2D eigenvalue weighted by atomic mass is 35.5. The van der Waals surface area contributed by atoms with Crippen LogP contribution < -0.4 is 0 Å². The van der Waals surface area contributed by atoms with Crippen molar-refractivity contribution in [1.29, 1.82) is 0 Å². The van der Waals surface area contributed by atoms with Crippen LogP contribution in [0, 0.1) is 17.5 Å². The summed E-state index contributed by atoms with van der Waals surface area (Å²) in [5, 5.41) is 6.32. The lowest BCUT2D eigenvalue weighted by atomic mass is 10.1. The van der Waals surface area contributed by atoms with E-state index >= 15 is 0 Å². The summed E-state index contributed by atoms with van der Waals surface area (Å²) >= 11 is 5.69. The van der Waals surface area contributed by atoms with Crippen LogP contribution in [0.2, 0.25) is 5.02 Å². The predicted octanol–water partition coefficient (Wildman–Crippen LogP) is 3.15. The molecule has 0 fully saturated rings. The number of hydrogen-bond donors (Lipinski definition) is 1. The molecule has 1 heterocycles. The van der Waals surface area contributed by atoms with Crippen molar-refractivity contribution in [2.45, 2.75) is 0 Å². The summed E-state index contributed by atoms with van der Waals surface area (Å²) in [4.78, 5) is 0. The lowest BCUT2D eigenvalue weighted by molar-refractivity contribution is 0.447. The predicted molar refractivity (Wildman–Crippen MR) is 48.9 cm³/mol. The van der Waals surface area contributed by atoms with Gasteiger partial charge in [0, 0.05) is 11.8 Å². The summed E-state index contributed by atoms with van der Waals surface area (Å²) in [6.07, 6.45) is 1.36. The van der Waals surface area contributed by atoms with Crippen molar-refractivity contribution < 1.29 is 13.2 Å². The first-order valence-electron chi connectivity index (χ1n) is 3.94. The van der Waals surface area contributed by atoms with Gasteiger partial charge in [-0.2, -0.15) is 5.10 Å². The zero-order valence-electron chi connectivity index (χ0n) is 7.19. The zero-order chi connectivity index (χ0) is 11.0. The number of H-pyrrole nitrogens is 1. The molecule has 0 saturated heterocycles. The minimum absolute atomic E-state index is 0.0812. The van der Waals surface area contributed by atoms with Crippen LogP contribution in [0.5, 0.6) is 0 Å². The van der Waals surface area contributed by atoms with Crippen LogP contribution in [0.1, 0.15) is 0 Å². The number of rotatable bonds is 1.